The molecule has 2 atom stereocenters. The average Bonchev–Trinajstić information content (AvgIpc) is 2.44. The number of hydrogen-bond donors (Lipinski definition) is 2. The van der Waals surface area contributed by atoms with E-state index < -0.39 is 29.2 Å². The number of ketones is 1. The molecule has 0 spiro atoms. The number of aliphatic hydroxyl groups excluding tert-OH is 1. The lowest BCUT2D eigenvalue weighted by molar-refractivity contribution is -0.146. The molecule has 0 saturated heterocycles. The van der Waals surface area contributed by atoms with Gasteiger partial charge < -0.3 is 14.9 Å². The fraction of sp³-hybridized carbons (Fsp3) is 0.357. The molecule has 0 bridgehead atoms. The van der Waals surface area contributed by atoms with Crippen LogP contribution in [0.1, 0.15) is 46.2 Å². The minimum Gasteiger partial charge on any atom is -0.479 e. The normalized spacial score (nSPS) is 13.3. The highest BCUT2D eigenvalue weighted by Crippen LogP contribution is 2.25. The second kappa shape index (κ2) is 7.19. The number of aliphatic carboxylic acids is 1. The number of alkyl halides is 1. The number of benzene rings is 1. The molecule has 21 heavy (non-hydrogen) atoms. The summed E-state index contributed by atoms with van der Waals surface area (Å²) in [6.07, 6.45) is -1.94. The number of ether oxygens (including phenoxy) is 1. The van der Waals surface area contributed by atoms with E-state index in [1.807, 2.05) is 0 Å². The number of halogens is 1. The number of hydrogen-bond acceptors (Lipinski definition) is 5. The van der Waals surface area contributed by atoms with Crippen LogP contribution in [0.5, 0.6) is 0 Å². The summed E-state index contributed by atoms with van der Waals surface area (Å²) in [5, 5.41) is 17.7. The van der Waals surface area contributed by atoms with Gasteiger partial charge >= 0.3 is 11.9 Å². The smallest absolute Gasteiger partial charge is 0.339 e. The van der Waals surface area contributed by atoms with Crippen LogP contribution in [-0.2, 0) is 9.53 Å². The van der Waals surface area contributed by atoms with Gasteiger partial charge in [-0.3, -0.25) is 4.79 Å². The number of Topliss-reactive ketones (excluding diaryl/α,β-unsaturated/α-hetero) is 1. The van der Waals surface area contributed by atoms with Crippen molar-refractivity contribution in [1.29, 1.82) is 0 Å². The van der Waals surface area contributed by atoms with Crippen molar-refractivity contribution in [3.05, 3.63) is 34.9 Å². The Bertz CT molecular complexity index is 567. The van der Waals surface area contributed by atoms with Gasteiger partial charge in [0, 0.05) is 11.1 Å². The van der Waals surface area contributed by atoms with Crippen molar-refractivity contribution in [2.24, 2.45) is 0 Å². The lowest BCUT2D eigenvalue weighted by Crippen LogP contribution is -2.22. The zero-order valence-corrected chi connectivity index (χ0v) is 12.3. The quantitative estimate of drug-likeness (QED) is 0.471. The summed E-state index contributed by atoms with van der Waals surface area (Å²) in [5.74, 6) is -2.97. The van der Waals surface area contributed by atoms with Crippen molar-refractivity contribution < 1.29 is 29.3 Å². The standard InChI is InChI=1S/C14H15ClO6/c1-3-21-14(20)10-8(11(16)7(2)15)5-4-6-9(10)12(17)13(18)19/h4-7,12,17H,3H2,1-2H3,(H,18,19). The third-order valence-corrected chi connectivity index (χ3v) is 2.93. The zero-order valence-electron chi connectivity index (χ0n) is 11.5. The van der Waals surface area contributed by atoms with Crippen molar-refractivity contribution in [1.82, 2.24) is 0 Å². The van der Waals surface area contributed by atoms with Gasteiger partial charge in [-0.15, -0.1) is 11.6 Å². The maximum atomic E-state index is 12.0. The maximum absolute atomic E-state index is 12.0. The van der Waals surface area contributed by atoms with Gasteiger partial charge in [-0.25, -0.2) is 9.59 Å². The maximum Gasteiger partial charge on any atom is 0.339 e. The van der Waals surface area contributed by atoms with E-state index >= 15 is 0 Å². The molecule has 0 aliphatic heterocycles. The third-order valence-electron chi connectivity index (χ3n) is 2.73. The summed E-state index contributed by atoms with van der Waals surface area (Å²) >= 11 is 5.73. The summed E-state index contributed by atoms with van der Waals surface area (Å²) in [6, 6.07) is 3.96. The number of carboxylic acid groups (broad SMARTS) is 1. The predicted octanol–water partition coefficient (Wildman–Crippen LogP) is 1.79. The van der Waals surface area contributed by atoms with Gasteiger partial charge in [-0.05, 0) is 13.8 Å². The molecule has 0 heterocycles. The highest BCUT2D eigenvalue weighted by Gasteiger charge is 2.29. The largest absolute Gasteiger partial charge is 0.479 e. The van der Waals surface area contributed by atoms with Gasteiger partial charge in [0.2, 0.25) is 0 Å². The van der Waals surface area contributed by atoms with Crippen LogP contribution < -0.4 is 0 Å². The summed E-state index contributed by atoms with van der Waals surface area (Å²) in [5.41, 5.74) is -0.551. The molecule has 2 unspecified atom stereocenters. The Balaban J connectivity index is 3.51. The molecule has 2 N–H and O–H groups in total. The summed E-state index contributed by atoms with van der Waals surface area (Å²) < 4.78 is 4.83. The molecule has 7 heteroatoms. The van der Waals surface area contributed by atoms with E-state index in [1.54, 1.807) is 6.92 Å². The van der Waals surface area contributed by atoms with Gasteiger partial charge in [0.05, 0.1) is 17.5 Å². The Labute approximate surface area is 126 Å². The third kappa shape index (κ3) is 3.80. The van der Waals surface area contributed by atoms with Crippen LogP contribution in [-0.4, -0.2) is 39.9 Å². The topological polar surface area (TPSA) is 101 Å². The Morgan fingerprint density at radius 2 is 1.95 bits per heavy atom. The Morgan fingerprint density at radius 3 is 2.43 bits per heavy atom. The van der Waals surface area contributed by atoms with E-state index in [4.69, 9.17) is 21.4 Å². The molecule has 0 aliphatic carbocycles. The first-order chi connectivity index (χ1) is 9.81. The molecule has 0 fully saturated rings. The molecular weight excluding hydrogens is 300 g/mol. The first-order valence-corrected chi connectivity index (χ1v) is 6.64. The van der Waals surface area contributed by atoms with Crippen LogP contribution in [0.2, 0.25) is 0 Å². The highest BCUT2D eigenvalue weighted by atomic mass is 35.5. The predicted molar refractivity (Wildman–Crippen MR) is 74.6 cm³/mol. The van der Waals surface area contributed by atoms with E-state index in [2.05, 4.69) is 0 Å². The van der Waals surface area contributed by atoms with Gasteiger partial charge in [0.1, 0.15) is 0 Å². The van der Waals surface area contributed by atoms with Crippen LogP contribution in [0.15, 0.2) is 18.2 Å². The van der Waals surface area contributed by atoms with Crippen LogP contribution in [0.3, 0.4) is 0 Å². The number of carbonyl (C=O) groups excluding carboxylic acids is 2. The van der Waals surface area contributed by atoms with E-state index in [1.165, 1.54) is 25.1 Å². The molecule has 1 aromatic carbocycles. The molecule has 0 amide bonds. The molecule has 0 aliphatic rings. The molecule has 1 aromatic rings. The van der Waals surface area contributed by atoms with Gasteiger partial charge in [-0.1, -0.05) is 18.2 Å². The molecule has 1 rings (SSSR count). The minimum absolute atomic E-state index is 0.0421. The summed E-state index contributed by atoms with van der Waals surface area (Å²) in [6.45, 7) is 3.04. The van der Waals surface area contributed by atoms with Gasteiger partial charge in [0.15, 0.2) is 11.9 Å². The molecular formula is C14H15ClO6. The van der Waals surface area contributed by atoms with E-state index in [0.717, 1.165) is 0 Å². The number of esters is 1. The molecule has 0 aromatic heterocycles. The first kappa shape index (κ1) is 17.1. The minimum atomic E-state index is -1.94. The van der Waals surface area contributed by atoms with Gasteiger partial charge in [-0.2, -0.15) is 0 Å². The van der Waals surface area contributed by atoms with Crippen LogP contribution in [0.4, 0.5) is 0 Å². The Hall–Kier alpha value is -1.92. The Kier molecular flexibility index (Phi) is 5.87. The number of rotatable bonds is 6. The summed E-state index contributed by atoms with van der Waals surface area (Å²) in [7, 11) is 0. The molecule has 0 radical (unpaired) electrons. The number of aliphatic hydroxyl groups is 1. The zero-order chi connectivity index (χ0) is 16.2. The molecule has 114 valence electrons. The van der Waals surface area contributed by atoms with Crippen molar-refractivity contribution in [2.45, 2.75) is 25.3 Å². The van der Waals surface area contributed by atoms with Crippen LogP contribution in [0, 0.1) is 0 Å². The van der Waals surface area contributed by atoms with Crippen molar-refractivity contribution >= 4 is 29.3 Å². The lowest BCUT2D eigenvalue weighted by Gasteiger charge is -2.15. The monoisotopic (exact) mass is 314 g/mol. The Morgan fingerprint density at radius 1 is 1.33 bits per heavy atom. The van der Waals surface area contributed by atoms with Crippen molar-refractivity contribution in [2.75, 3.05) is 6.61 Å². The van der Waals surface area contributed by atoms with Crippen molar-refractivity contribution in [3.63, 3.8) is 0 Å². The SMILES string of the molecule is CCOC(=O)c1c(C(=O)C(C)Cl)cccc1C(O)C(=O)O. The highest BCUT2D eigenvalue weighted by molar-refractivity contribution is 6.34. The van der Waals surface area contributed by atoms with E-state index in [0.29, 0.717) is 0 Å². The van der Waals surface area contributed by atoms with Crippen LogP contribution >= 0.6 is 11.6 Å². The molecule has 0 saturated carbocycles. The molecule has 6 nitrogen and oxygen atoms in total. The second-order valence-electron chi connectivity index (χ2n) is 4.21. The fourth-order valence-corrected chi connectivity index (χ4v) is 1.90. The lowest BCUT2D eigenvalue weighted by atomic mass is 9.94. The number of carboxylic acids is 1. The first-order valence-electron chi connectivity index (χ1n) is 6.20. The number of carbonyl (C=O) groups is 3. The fourth-order valence-electron chi connectivity index (χ4n) is 1.78. The van der Waals surface area contributed by atoms with E-state index in [-0.39, 0.29) is 23.3 Å². The van der Waals surface area contributed by atoms with E-state index in [9.17, 15) is 19.5 Å². The van der Waals surface area contributed by atoms with Gasteiger partial charge in [0.25, 0.3) is 0 Å². The van der Waals surface area contributed by atoms with Crippen molar-refractivity contribution in [3.8, 4) is 0 Å². The summed E-state index contributed by atoms with van der Waals surface area (Å²) in [4.78, 5) is 35.0. The second-order valence-corrected chi connectivity index (χ2v) is 4.87. The average molecular weight is 315 g/mol. The van der Waals surface area contributed by atoms with Crippen LogP contribution in [0.25, 0.3) is 0 Å².